The van der Waals surface area contributed by atoms with Crippen LogP contribution in [-0.2, 0) is 16.6 Å². The monoisotopic (exact) mass is 602 g/mol. The average molecular weight is 603 g/mol. The van der Waals surface area contributed by atoms with Crippen LogP contribution in [0, 0.1) is 11.8 Å². The molecule has 0 aliphatic rings. The lowest BCUT2D eigenvalue weighted by Gasteiger charge is -2.23. The minimum absolute atomic E-state index is 0.196. The van der Waals surface area contributed by atoms with Crippen molar-refractivity contribution >= 4 is 46.0 Å². The summed E-state index contributed by atoms with van der Waals surface area (Å²) < 4.78 is 1.87. The Balaban J connectivity index is 1.58. The molecule has 0 saturated heterocycles. The van der Waals surface area contributed by atoms with Gasteiger partial charge in [0.05, 0.1) is 17.3 Å². The summed E-state index contributed by atoms with van der Waals surface area (Å²) in [6.07, 6.45) is 7.20. The van der Waals surface area contributed by atoms with E-state index in [0.717, 1.165) is 35.4 Å². The predicted molar refractivity (Wildman–Crippen MR) is 178 cm³/mol. The number of nitrogens with zero attached hydrogens (tertiary/aromatic N) is 7. The molecule has 3 aromatic rings. The van der Waals surface area contributed by atoms with Crippen LogP contribution in [0.2, 0.25) is 0 Å². The normalized spacial score (nSPS) is 11.8. The van der Waals surface area contributed by atoms with Gasteiger partial charge in [0.1, 0.15) is 11.9 Å². The van der Waals surface area contributed by atoms with Gasteiger partial charge in [-0.2, -0.15) is 10.1 Å². The lowest BCUT2D eigenvalue weighted by molar-refractivity contribution is -0.135. The number of rotatable bonds is 14. The average Bonchev–Trinajstić information content (AvgIpc) is 3.33. The van der Waals surface area contributed by atoms with Gasteiger partial charge in [-0.25, -0.2) is 4.98 Å². The molecule has 0 saturated carbocycles. The first-order valence-electron chi connectivity index (χ1n) is 14.9. The van der Waals surface area contributed by atoms with Crippen molar-refractivity contribution in [2.24, 2.45) is 7.05 Å². The Bertz CT molecular complexity index is 1520. The lowest BCUT2D eigenvalue weighted by Crippen LogP contribution is -2.45. The van der Waals surface area contributed by atoms with E-state index in [0.29, 0.717) is 43.3 Å². The van der Waals surface area contributed by atoms with Crippen LogP contribution in [0.3, 0.4) is 0 Å². The first kappa shape index (κ1) is 33.9. The second-order valence-electron chi connectivity index (χ2n) is 11.1. The molecule has 2 aromatic heterocycles. The molecule has 2 heterocycles. The van der Waals surface area contributed by atoms with Gasteiger partial charge in [-0.05, 0) is 52.1 Å². The molecule has 236 valence electrons. The number of carbonyl (C=O) groups is 2. The Morgan fingerprint density at radius 1 is 1.14 bits per heavy atom. The minimum Gasteiger partial charge on any atom is -0.369 e. The third-order valence-electron chi connectivity index (χ3n) is 6.88. The van der Waals surface area contributed by atoms with E-state index in [1.165, 1.54) is 11.0 Å². The maximum atomic E-state index is 12.5. The van der Waals surface area contributed by atoms with Crippen molar-refractivity contribution in [3.63, 3.8) is 0 Å². The molecule has 3 rings (SSSR count). The number of hydrogen-bond donors (Lipinski definition) is 3. The third-order valence-corrected chi connectivity index (χ3v) is 6.88. The van der Waals surface area contributed by atoms with Crippen LogP contribution in [0.4, 0.5) is 23.3 Å². The molecule has 1 atom stereocenters. The standard InChI is InChI=1S/C32H46N10O2/c1-9-18-33-29-24(14-11-10-12-19-34-31(44)23(2)41(7)28(43)15-13-20-39(3)4)22-35-32(37-29)36-25-16-17-27-26(21-25)30(40(5)6)38-42(27)8/h13,15-17,21-23H,9-10,12,18-20H2,1-8H3,(H,34,44)(H2,33,35,36,37)/b15-13+/t23-/m0/s1. The maximum Gasteiger partial charge on any atom is 0.246 e. The highest BCUT2D eigenvalue weighted by Gasteiger charge is 2.20. The van der Waals surface area contributed by atoms with E-state index < -0.39 is 6.04 Å². The van der Waals surface area contributed by atoms with E-state index in [9.17, 15) is 9.59 Å². The fraction of sp³-hybridized carbons (Fsp3) is 0.469. The van der Waals surface area contributed by atoms with Gasteiger partial charge in [0.2, 0.25) is 17.8 Å². The lowest BCUT2D eigenvalue weighted by atomic mass is 10.2. The summed E-state index contributed by atoms with van der Waals surface area (Å²) >= 11 is 0. The van der Waals surface area contributed by atoms with Crippen LogP contribution in [-0.4, -0.2) is 102 Å². The number of nitrogens with one attached hydrogen (secondary N) is 3. The summed E-state index contributed by atoms with van der Waals surface area (Å²) in [5.74, 6) is 7.97. The van der Waals surface area contributed by atoms with Crippen molar-refractivity contribution in [1.82, 2.24) is 34.9 Å². The van der Waals surface area contributed by atoms with Gasteiger partial charge in [-0.15, -0.1) is 0 Å². The number of likely N-dealkylation sites (N-methyl/N-ethyl adjacent to an activating group) is 2. The molecular formula is C32H46N10O2. The molecule has 0 aliphatic heterocycles. The van der Waals surface area contributed by atoms with Crippen LogP contribution in [0.15, 0.2) is 36.5 Å². The number of amides is 2. The maximum absolute atomic E-state index is 12.5. The van der Waals surface area contributed by atoms with E-state index >= 15 is 0 Å². The van der Waals surface area contributed by atoms with Crippen LogP contribution in [0.1, 0.15) is 38.7 Å². The quantitative estimate of drug-likeness (QED) is 0.145. The molecule has 0 aliphatic carbocycles. The number of hydrogen-bond acceptors (Lipinski definition) is 9. The van der Waals surface area contributed by atoms with Gasteiger partial charge in [0.25, 0.3) is 0 Å². The zero-order chi connectivity index (χ0) is 32.2. The third kappa shape index (κ3) is 9.44. The van der Waals surface area contributed by atoms with Crippen LogP contribution in [0.25, 0.3) is 10.9 Å². The van der Waals surface area contributed by atoms with E-state index in [1.807, 2.05) is 67.9 Å². The molecule has 1 aromatic carbocycles. The number of anilines is 4. The van der Waals surface area contributed by atoms with Crippen LogP contribution >= 0.6 is 0 Å². The van der Waals surface area contributed by atoms with E-state index in [2.05, 4.69) is 44.8 Å². The largest absolute Gasteiger partial charge is 0.369 e. The zero-order valence-corrected chi connectivity index (χ0v) is 27.2. The van der Waals surface area contributed by atoms with Crippen molar-refractivity contribution in [3.05, 3.63) is 42.1 Å². The van der Waals surface area contributed by atoms with Crippen LogP contribution < -0.4 is 20.9 Å². The number of benzene rings is 1. The fourth-order valence-electron chi connectivity index (χ4n) is 4.24. The van der Waals surface area contributed by atoms with E-state index in [1.54, 1.807) is 26.2 Å². The molecule has 0 bridgehead atoms. The Morgan fingerprint density at radius 2 is 1.91 bits per heavy atom. The van der Waals surface area contributed by atoms with Gasteiger partial charge >= 0.3 is 0 Å². The highest BCUT2D eigenvalue weighted by molar-refractivity contribution is 5.93. The minimum atomic E-state index is -0.574. The highest BCUT2D eigenvalue weighted by atomic mass is 16.2. The number of aryl methyl sites for hydroxylation is 1. The van der Waals surface area contributed by atoms with Gasteiger partial charge in [0, 0.05) is 71.4 Å². The summed E-state index contributed by atoms with van der Waals surface area (Å²) in [4.78, 5) is 39.4. The zero-order valence-electron chi connectivity index (χ0n) is 27.2. The molecule has 0 spiro atoms. The van der Waals surface area contributed by atoms with Crippen molar-refractivity contribution in [2.75, 3.05) is 70.4 Å². The van der Waals surface area contributed by atoms with Gasteiger partial charge in [-0.1, -0.05) is 24.8 Å². The van der Waals surface area contributed by atoms with Gasteiger partial charge in [0.15, 0.2) is 5.82 Å². The summed E-state index contributed by atoms with van der Waals surface area (Å²) in [6.45, 7) is 5.69. The van der Waals surface area contributed by atoms with Crippen LogP contribution in [0.5, 0.6) is 0 Å². The molecule has 3 N–H and O–H groups in total. The topological polar surface area (TPSA) is 124 Å². The molecule has 44 heavy (non-hydrogen) atoms. The first-order chi connectivity index (χ1) is 21.0. The molecule has 2 amide bonds. The number of aromatic nitrogens is 4. The first-order valence-corrected chi connectivity index (χ1v) is 14.9. The predicted octanol–water partition coefficient (Wildman–Crippen LogP) is 3.21. The molecule has 0 unspecified atom stereocenters. The van der Waals surface area contributed by atoms with Gasteiger partial charge < -0.3 is 30.7 Å². The van der Waals surface area contributed by atoms with Crippen molar-refractivity contribution in [3.8, 4) is 11.8 Å². The van der Waals surface area contributed by atoms with E-state index in [4.69, 9.17) is 4.98 Å². The Labute approximate surface area is 260 Å². The summed E-state index contributed by atoms with van der Waals surface area (Å²) in [7, 11) is 11.4. The molecular weight excluding hydrogens is 556 g/mol. The summed E-state index contributed by atoms with van der Waals surface area (Å²) in [5.41, 5.74) is 2.61. The highest BCUT2D eigenvalue weighted by Crippen LogP contribution is 2.28. The summed E-state index contributed by atoms with van der Waals surface area (Å²) in [5, 5.41) is 15.2. The summed E-state index contributed by atoms with van der Waals surface area (Å²) in [6, 6.07) is 5.49. The SMILES string of the molecule is CCCNc1nc(Nc2ccc3c(c2)c(N(C)C)nn3C)ncc1C#CCCCNC(=O)[C@H](C)N(C)C(=O)/C=C/CN(C)C. The van der Waals surface area contributed by atoms with Crippen molar-refractivity contribution in [1.29, 1.82) is 0 Å². The number of fused-ring (bicyclic) bond motifs is 1. The van der Waals surface area contributed by atoms with E-state index in [-0.39, 0.29) is 11.8 Å². The Hall–Kier alpha value is -4.63. The second-order valence-corrected chi connectivity index (χ2v) is 11.1. The fourth-order valence-corrected chi connectivity index (χ4v) is 4.24. The number of carbonyl (C=O) groups excluding carboxylic acids is 2. The number of unbranched alkanes of at least 4 members (excludes halogenated alkanes) is 1. The molecule has 0 radical (unpaired) electrons. The Morgan fingerprint density at radius 3 is 2.61 bits per heavy atom. The van der Waals surface area contributed by atoms with Gasteiger partial charge in [-0.3, -0.25) is 14.3 Å². The van der Waals surface area contributed by atoms with Crippen molar-refractivity contribution in [2.45, 2.75) is 39.2 Å². The molecule has 12 heteroatoms. The van der Waals surface area contributed by atoms with Crippen molar-refractivity contribution < 1.29 is 9.59 Å². The Kier molecular flexibility index (Phi) is 12.5. The second kappa shape index (κ2) is 16.3. The molecule has 12 nitrogen and oxygen atoms in total. The smallest absolute Gasteiger partial charge is 0.246 e. The molecule has 0 fully saturated rings.